The van der Waals surface area contributed by atoms with Gasteiger partial charge in [0.2, 0.25) is 5.82 Å². The fourth-order valence-electron chi connectivity index (χ4n) is 3.23. The molecule has 0 unspecified atom stereocenters. The van der Waals surface area contributed by atoms with Crippen molar-refractivity contribution in [3.63, 3.8) is 0 Å². The van der Waals surface area contributed by atoms with Gasteiger partial charge in [-0.25, -0.2) is 9.07 Å². The van der Waals surface area contributed by atoms with Gasteiger partial charge in [-0.15, -0.1) is 15.3 Å². The molecule has 0 atom stereocenters. The lowest BCUT2D eigenvalue weighted by molar-refractivity contribution is 0.111. The van der Waals surface area contributed by atoms with Crippen molar-refractivity contribution in [3.8, 4) is 23.0 Å². The highest BCUT2D eigenvalue weighted by molar-refractivity contribution is 9.10. The third kappa shape index (κ3) is 5.13. The molecule has 0 aliphatic carbocycles. The van der Waals surface area contributed by atoms with Crippen molar-refractivity contribution in [2.45, 2.75) is 6.61 Å². The Balaban J connectivity index is 1.37. The summed E-state index contributed by atoms with van der Waals surface area (Å²) < 4.78 is 27.9. The molecule has 0 aliphatic rings. The fraction of sp³-hybridized carbons (Fsp3) is 0.0833. The molecule has 0 spiro atoms. The molecule has 5 rings (SSSR count). The van der Waals surface area contributed by atoms with Crippen LogP contribution in [-0.4, -0.2) is 36.1 Å². The van der Waals surface area contributed by atoms with Crippen LogP contribution in [0.15, 0.2) is 86.8 Å². The van der Waals surface area contributed by atoms with E-state index in [0.29, 0.717) is 22.8 Å². The molecule has 0 saturated heterocycles. The van der Waals surface area contributed by atoms with Crippen molar-refractivity contribution in [2.75, 3.05) is 0 Å². The average molecular weight is 550 g/mol. The van der Waals surface area contributed by atoms with Crippen LogP contribution in [0.2, 0.25) is 0 Å². The van der Waals surface area contributed by atoms with E-state index in [9.17, 15) is 4.39 Å². The second-order valence-electron chi connectivity index (χ2n) is 7.38. The average Bonchev–Trinajstić information content (AvgIpc) is 3.54. The monoisotopic (exact) mass is 549 g/mol. The summed E-state index contributed by atoms with van der Waals surface area (Å²) in [5.41, 5.74) is 1.69. The van der Waals surface area contributed by atoms with E-state index < -0.39 is 5.82 Å². The van der Waals surface area contributed by atoms with Crippen LogP contribution in [0.3, 0.4) is 0 Å². The standard InChI is InChI=1S/C24H17BrFN7O3/c1-33-23(28-31-32-33)22(15-7-3-2-4-8-15)30-34-14-21-27-29-24(36-21)17-13-16(25)11-12-19(17)35-20-10-6-5-9-18(20)26/h2-13H,14H2,1H3/b30-22-. The third-order valence-corrected chi connectivity index (χ3v) is 5.41. The van der Waals surface area contributed by atoms with Crippen LogP contribution in [0.1, 0.15) is 17.3 Å². The van der Waals surface area contributed by atoms with Crippen LogP contribution in [0, 0.1) is 5.82 Å². The molecule has 5 aromatic rings. The predicted molar refractivity (Wildman–Crippen MR) is 130 cm³/mol. The maximum absolute atomic E-state index is 14.1. The van der Waals surface area contributed by atoms with Crippen molar-refractivity contribution >= 4 is 21.6 Å². The summed E-state index contributed by atoms with van der Waals surface area (Å²) >= 11 is 3.42. The van der Waals surface area contributed by atoms with Gasteiger partial charge in [0.05, 0.1) is 5.56 Å². The molecule has 0 bridgehead atoms. The molecule has 2 aromatic heterocycles. The summed E-state index contributed by atoms with van der Waals surface area (Å²) in [6.45, 7) is -0.105. The molecular formula is C24H17BrFN7O3. The van der Waals surface area contributed by atoms with Crippen molar-refractivity contribution in [1.29, 1.82) is 0 Å². The largest absolute Gasteiger partial charge is 0.453 e. The number of rotatable bonds is 8. The molecule has 12 heteroatoms. The van der Waals surface area contributed by atoms with Crippen LogP contribution in [0.25, 0.3) is 11.5 Å². The molecule has 0 aliphatic heterocycles. The van der Waals surface area contributed by atoms with E-state index in [0.717, 1.165) is 10.0 Å². The lowest BCUT2D eigenvalue weighted by Gasteiger charge is -2.10. The highest BCUT2D eigenvalue weighted by Gasteiger charge is 2.18. The first-order valence-corrected chi connectivity index (χ1v) is 11.4. The number of benzene rings is 3. The summed E-state index contributed by atoms with van der Waals surface area (Å²) in [7, 11) is 1.71. The molecule has 180 valence electrons. The van der Waals surface area contributed by atoms with Crippen LogP contribution >= 0.6 is 15.9 Å². The highest BCUT2D eigenvalue weighted by Crippen LogP contribution is 2.35. The first-order chi connectivity index (χ1) is 17.6. The Kier molecular flexibility index (Phi) is 6.76. The number of ether oxygens (including phenoxy) is 1. The zero-order valence-corrected chi connectivity index (χ0v) is 20.3. The Labute approximate surface area is 212 Å². The number of aromatic nitrogens is 6. The van der Waals surface area contributed by atoms with Gasteiger partial charge in [0, 0.05) is 17.1 Å². The molecule has 2 heterocycles. The van der Waals surface area contributed by atoms with Crippen molar-refractivity contribution in [3.05, 3.63) is 100 Å². The quantitative estimate of drug-likeness (QED) is 0.198. The fourth-order valence-corrected chi connectivity index (χ4v) is 3.59. The minimum Gasteiger partial charge on any atom is -0.453 e. The summed E-state index contributed by atoms with van der Waals surface area (Å²) in [4.78, 5) is 5.52. The van der Waals surface area contributed by atoms with Crippen molar-refractivity contribution in [1.82, 2.24) is 30.4 Å². The molecular weight excluding hydrogens is 533 g/mol. The number of hydrogen-bond acceptors (Lipinski definition) is 9. The lowest BCUT2D eigenvalue weighted by atomic mass is 10.1. The maximum Gasteiger partial charge on any atom is 0.257 e. The molecule has 0 fully saturated rings. The second-order valence-corrected chi connectivity index (χ2v) is 8.30. The van der Waals surface area contributed by atoms with Crippen LogP contribution < -0.4 is 4.74 Å². The number of halogens is 2. The lowest BCUT2D eigenvalue weighted by Crippen LogP contribution is -2.12. The summed E-state index contributed by atoms with van der Waals surface area (Å²) in [6.07, 6.45) is 0. The third-order valence-electron chi connectivity index (χ3n) is 4.92. The Morgan fingerprint density at radius 3 is 2.58 bits per heavy atom. The van der Waals surface area contributed by atoms with Gasteiger partial charge < -0.3 is 14.0 Å². The summed E-state index contributed by atoms with van der Waals surface area (Å²) in [6, 6.07) is 20.7. The predicted octanol–water partition coefficient (Wildman–Crippen LogP) is 4.92. The van der Waals surface area contributed by atoms with Crippen LogP contribution in [0.4, 0.5) is 4.39 Å². The SMILES string of the molecule is Cn1nnnc1/C(=N\OCc1nnc(-c2cc(Br)ccc2Oc2ccccc2F)o1)c1ccccc1. The maximum atomic E-state index is 14.1. The molecule has 3 aromatic carbocycles. The summed E-state index contributed by atoms with van der Waals surface area (Å²) in [5.74, 6) is 0.705. The van der Waals surface area contributed by atoms with Crippen molar-refractivity contribution < 1.29 is 18.4 Å². The Morgan fingerprint density at radius 1 is 1.00 bits per heavy atom. The van der Waals surface area contributed by atoms with E-state index in [1.54, 1.807) is 37.4 Å². The van der Waals surface area contributed by atoms with Gasteiger partial charge in [0.25, 0.3) is 11.8 Å². The zero-order chi connectivity index (χ0) is 24.9. The van der Waals surface area contributed by atoms with E-state index in [2.05, 4.69) is 46.8 Å². The highest BCUT2D eigenvalue weighted by atomic mass is 79.9. The normalized spacial score (nSPS) is 11.5. The topological polar surface area (TPSA) is 113 Å². The summed E-state index contributed by atoms with van der Waals surface area (Å²) in [5, 5.41) is 23.9. The number of nitrogens with zero attached hydrogens (tertiary/aromatic N) is 7. The second kappa shape index (κ2) is 10.4. The number of tetrazole rings is 1. The molecule has 10 nitrogen and oxygen atoms in total. The zero-order valence-electron chi connectivity index (χ0n) is 18.7. The Morgan fingerprint density at radius 2 is 1.81 bits per heavy atom. The minimum absolute atomic E-state index is 0.0742. The van der Waals surface area contributed by atoms with Gasteiger partial charge in [-0.1, -0.05) is 63.6 Å². The molecule has 0 radical (unpaired) electrons. The van der Waals surface area contributed by atoms with Crippen LogP contribution in [-0.2, 0) is 18.5 Å². The number of hydrogen-bond donors (Lipinski definition) is 0. The van der Waals surface area contributed by atoms with Gasteiger partial charge in [-0.2, -0.15) is 0 Å². The van der Waals surface area contributed by atoms with Gasteiger partial charge in [0.1, 0.15) is 5.75 Å². The number of para-hydroxylation sites is 1. The van der Waals surface area contributed by atoms with Gasteiger partial charge in [-0.05, 0) is 40.8 Å². The minimum atomic E-state index is -0.490. The van der Waals surface area contributed by atoms with Gasteiger partial charge in [-0.3, -0.25) is 0 Å². The molecule has 0 saturated carbocycles. The van der Waals surface area contributed by atoms with E-state index in [-0.39, 0.29) is 24.1 Å². The Bertz CT molecular complexity index is 1520. The first kappa shape index (κ1) is 23.3. The molecule has 0 amide bonds. The molecule has 0 N–H and O–H groups in total. The van der Waals surface area contributed by atoms with E-state index in [4.69, 9.17) is 14.0 Å². The smallest absolute Gasteiger partial charge is 0.257 e. The molecule has 36 heavy (non-hydrogen) atoms. The van der Waals surface area contributed by atoms with Gasteiger partial charge >= 0.3 is 0 Å². The Hall–Kier alpha value is -4.45. The van der Waals surface area contributed by atoms with Crippen molar-refractivity contribution in [2.24, 2.45) is 12.2 Å². The van der Waals surface area contributed by atoms with E-state index in [1.165, 1.54) is 16.8 Å². The van der Waals surface area contributed by atoms with E-state index >= 15 is 0 Å². The first-order valence-electron chi connectivity index (χ1n) is 10.6. The number of aryl methyl sites for hydroxylation is 1. The van der Waals surface area contributed by atoms with E-state index in [1.807, 2.05) is 30.3 Å². The van der Waals surface area contributed by atoms with Crippen LogP contribution in [0.5, 0.6) is 11.5 Å². The van der Waals surface area contributed by atoms with Gasteiger partial charge in [0.15, 0.2) is 23.9 Å². The number of oxime groups is 1.